The predicted molar refractivity (Wildman–Crippen MR) is 64.9 cm³/mol. The molecule has 2 rings (SSSR count). The molecule has 2 aromatic rings. The molecule has 94 valence electrons. The molecular formula is C11H11ClN4O2. The Morgan fingerprint density at radius 1 is 1.50 bits per heavy atom. The number of nitrogens with zero attached hydrogens (tertiary/aromatic N) is 4. The van der Waals surface area contributed by atoms with E-state index in [0.29, 0.717) is 10.8 Å². The van der Waals surface area contributed by atoms with E-state index in [1.165, 1.54) is 4.80 Å². The summed E-state index contributed by atoms with van der Waals surface area (Å²) in [6.07, 6.45) is 0.257. The van der Waals surface area contributed by atoms with Crippen LogP contribution in [0.4, 0.5) is 0 Å². The molecule has 0 fully saturated rings. The Kier molecular flexibility index (Phi) is 3.57. The summed E-state index contributed by atoms with van der Waals surface area (Å²) in [5, 5.41) is 21.1. The zero-order valence-corrected chi connectivity index (χ0v) is 10.4. The highest BCUT2D eigenvalue weighted by Crippen LogP contribution is 2.17. The fourth-order valence-corrected chi connectivity index (χ4v) is 1.73. The molecule has 0 saturated heterocycles. The first-order valence-corrected chi connectivity index (χ1v) is 5.71. The molecular weight excluding hydrogens is 256 g/mol. The lowest BCUT2D eigenvalue weighted by Crippen LogP contribution is -2.02. The Morgan fingerprint density at radius 2 is 2.28 bits per heavy atom. The van der Waals surface area contributed by atoms with Gasteiger partial charge in [0, 0.05) is 11.4 Å². The predicted octanol–water partition coefficient (Wildman–Crippen LogP) is 1.64. The standard InChI is InChI=1S/C11H11ClN4O2/c1-7-6-8(12)2-3-9(7)16-14-10(13-15-16)4-5-11(17)18/h2-3,6H,4-5H2,1H3,(H,17,18). The van der Waals surface area contributed by atoms with Gasteiger partial charge >= 0.3 is 5.97 Å². The van der Waals surface area contributed by atoms with E-state index < -0.39 is 5.97 Å². The molecule has 0 radical (unpaired) electrons. The summed E-state index contributed by atoms with van der Waals surface area (Å²) in [7, 11) is 0. The molecule has 1 aromatic carbocycles. The summed E-state index contributed by atoms with van der Waals surface area (Å²) in [5.41, 5.74) is 1.69. The van der Waals surface area contributed by atoms with E-state index in [0.717, 1.165) is 11.3 Å². The number of rotatable bonds is 4. The van der Waals surface area contributed by atoms with Gasteiger partial charge in [0.2, 0.25) is 0 Å². The maximum atomic E-state index is 10.4. The lowest BCUT2D eigenvalue weighted by molar-refractivity contribution is -0.137. The van der Waals surface area contributed by atoms with Gasteiger partial charge < -0.3 is 5.11 Å². The quantitative estimate of drug-likeness (QED) is 0.910. The zero-order chi connectivity index (χ0) is 13.1. The Hall–Kier alpha value is -1.95. The van der Waals surface area contributed by atoms with E-state index in [1.54, 1.807) is 18.2 Å². The Labute approximate surface area is 108 Å². The number of aliphatic carboxylic acids is 1. The van der Waals surface area contributed by atoms with Gasteiger partial charge in [-0.1, -0.05) is 11.6 Å². The van der Waals surface area contributed by atoms with Crippen molar-refractivity contribution >= 4 is 17.6 Å². The molecule has 18 heavy (non-hydrogen) atoms. The fourth-order valence-electron chi connectivity index (χ4n) is 1.51. The zero-order valence-electron chi connectivity index (χ0n) is 9.67. The second-order valence-corrected chi connectivity index (χ2v) is 4.26. The van der Waals surface area contributed by atoms with Crippen molar-refractivity contribution in [2.45, 2.75) is 19.8 Å². The number of carboxylic acids is 1. The van der Waals surface area contributed by atoms with Crippen LogP contribution in [0.5, 0.6) is 0 Å². The third kappa shape index (κ3) is 2.84. The highest BCUT2D eigenvalue weighted by atomic mass is 35.5. The van der Waals surface area contributed by atoms with Gasteiger partial charge in [0.1, 0.15) is 0 Å². The average molecular weight is 267 g/mol. The molecule has 1 aromatic heterocycles. The van der Waals surface area contributed by atoms with E-state index in [9.17, 15) is 4.79 Å². The van der Waals surface area contributed by atoms with Crippen molar-refractivity contribution in [2.75, 3.05) is 0 Å². The SMILES string of the molecule is Cc1cc(Cl)ccc1-n1nnc(CCC(=O)O)n1. The van der Waals surface area contributed by atoms with Gasteiger partial charge in [0.15, 0.2) is 5.82 Å². The molecule has 0 amide bonds. The average Bonchev–Trinajstić information content (AvgIpc) is 2.75. The summed E-state index contributed by atoms with van der Waals surface area (Å²) >= 11 is 5.86. The molecule has 0 spiro atoms. The number of hydrogen-bond acceptors (Lipinski definition) is 4. The van der Waals surface area contributed by atoms with E-state index in [1.807, 2.05) is 6.92 Å². The van der Waals surface area contributed by atoms with Crippen LogP contribution in [0.3, 0.4) is 0 Å². The molecule has 1 heterocycles. The second kappa shape index (κ2) is 5.14. The monoisotopic (exact) mass is 266 g/mol. The smallest absolute Gasteiger partial charge is 0.303 e. The van der Waals surface area contributed by atoms with Crippen LogP contribution >= 0.6 is 11.6 Å². The highest BCUT2D eigenvalue weighted by molar-refractivity contribution is 6.30. The minimum absolute atomic E-state index is 0.00864. The number of hydrogen-bond donors (Lipinski definition) is 1. The second-order valence-electron chi connectivity index (χ2n) is 3.82. The third-order valence-electron chi connectivity index (χ3n) is 2.39. The summed E-state index contributed by atoms with van der Waals surface area (Å²) in [5.74, 6) is -0.472. The fraction of sp³-hybridized carbons (Fsp3) is 0.273. The topological polar surface area (TPSA) is 80.9 Å². The van der Waals surface area contributed by atoms with Gasteiger partial charge in [0.25, 0.3) is 0 Å². The lowest BCUT2D eigenvalue weighted by Gasteiger charge is -2.02. The minimum Gasteiger partial charge on any atom is -0.481 e. The van der Waals surface area contributed by atoms with Crippen molar-refractivity contribution < 1.29 is 9.90 Å². The Morgan fingerprint density at radius 3 is 2.94 bits per heavy atom. The molecule has 6 nitrogen and oxygen atoms in total. The van der Waals surface area contributed by atoms with Crippen molar-refractivity contribution in [3.05, 3.63) is 34.6 Å². The Bertz CT molecular complexity index is 582. The molecule has 0 aliphatic heterocycles. The number of benzene rings is 1. The van der Waals surface area contributed by atoms with E-state index >= 15 is 0 Å². The third-order valence-corrected chi connectivity index (χ3v) is 2.63. The molecule has 0 bridgehead atoms. The van der Waals surface area contributed by atoms with Gasteiger partial charge in [-0.2, -0.15) is 0 Å². The van der Waals surface area contributed by atoms with Crippen LogP contribution in [0.1, 0.15) is 17.8 Å². The van der Waals surface area contributed by atoms with Crippen molar-refractivity contribution in [2.24, 2.45) is 0 Å². The first-order valence-electron chi connectivity index (χ1n) is 5.33. The Balaban J connectivity index is 2.21. The molecule has 0 aliphatic carbocycles. The summed E-state index contributed by atoms with van der Waals surface area (Å²) in [6, 6.07) is 5.33. The summed E-state index contributed by atoms with van der Waals surface area (Å²) in [6.45, 7) is 1.89. The van der Waals surface area contributed by atoms with E-state index in [2.05, 4.69) is 15.4 Å². The van der Waals surface area contributed by atoms with Crippen LogP contribution in [-0.2, 0) is 11.2 Å². The number of carboxylic acid groups (broad SMARTS) is 1. The van der Waals surface area contributed by atoms with Crippen LogP contribution < -0.4 is 0 Å². The normalized spacial score (nSPS) is 10.6. The summed E-state index contributed by atoms with van der Waals surface area (Å²) < 4.78 is 0. The number of tetrazole rings is 1. The van der Waals surface area contributed by atoms with Crippen LogP contribution in [0.25, 0.3) is 5.69 Å². The first kappa shape index (κ1) is 12.5. The molecule has 1 N–H and O–H groups in total. The minimum atomic E-state index is -0.881. The van der Waals surface area contributed by atoms with Crippen LogP contribution in [0.2, 0.25) is 5.02 Å². The van der Waals surface area contributed by atoms with Crippen LogP contribution in [-0.4, -0.2) is 31.3 Å². The largest absolute Gasteiger partial charge is 0.481 e. The molecule has 0 saturated carbocycles. The number of aromatic nitrogens is 4. The van der Waals surface area contributed by atoms with Gasteiger partial charge in [-0.15, -0.1) is 15.0 Å². The molecule has 0 unspecified atom stereocenters. The van der Waals surface area contributed by atoms with Crippen molar-refractivity contribution in [3.63, 3.8) is 0 Å². The maximum Gasteiger partial charge on any atom is 0.303 e. The van der Waals surface area contributed by atoms with Crippen molar-refractivity contribution in [3.8, 4) is 5.69 Å². The maximum absolute atomic E-state index is 10.4. The van der Waals surface area contributed by atoms with E-state index in [-0.39, 0.29) is 12.8 Å². The van der Waals surface area contributed by atoms with Gasteiger partial charge in [-0.3, -0.25) is 4.79 Å². The highest BCUT2D eigenvalue weighted by Gasteiger charge is 2.08. The number of aryl methyl sites for hydroxylation is 2. The van der Waals surface area contributed by atoms with Gasteiger partial charge in [-0.05, 0) is 35.9 Å². The van der Waals surface area contributed by atoms with Gasteiger partial charge in [-0.25, -0.2) is 0 Å². The van der Waals surface area contributed by atoms with E-state index in [4.69, 9.17) is 16.7 Å². The number of carbonyl (C=O) groups is 1. The van der Waals surface area contributed by atoms with Crippen LogP contribution in [0.15, 0.2) is 18.2 Å². The van der Waals surface area contributed by atoms with Crippen molar-refractivity contribution in [1.82, 2.24) is 20.2 Å². The van der Waals surface area contributed by atoms with Gasteiger partial charge in [0.05, 0.1) is 12.1 Å². The summed E-state index contributed by atoms with van der Waals surface area (Å²) in [4.78, 5) is 11.8. The molecule has 7 heteroatoms. The lowest BCUT2D eigenvalue weighted by atomic mass is 10.2. The molecule has 0 aliphatic rings. The van der Waals surface area contributed by atoms with Crippen molar-refractivity contribution in [1.29, 1.82) is 0 Å². The molecule has 0 atom stereocenters. The van der Waals surface area contributed by atoms with Crippen LogP contribution in [0, 0.1) is 6.92 Å². The first-order chi connectivity index (χ1) is 8.56. The number of halogens is 1.